The molecule has 0 N–H and O–H groups in total. The first-order valence-electron chi connectivity index (χ1n) is 8.37. The van der Waals surface area contributed by atoms with Crippen molar-refractivity contribution in [2.75, 3.05) is 37.6 Å². The highest BCUT2D eigenvalue weighted by Gasteiger charge is 2.23. The Morgan fingerprint density at radius 2 is 1.68 bits per heavy atom. The van der Waals surface area contributed by atoms with Crippen molar-refractivity contribution >= 4 is 35.0 Å². The lowest BCUT2D eigenvalue weighted by atomic mass is 10.1. The van der Waals surface area contributed by atoms with Crippen LogP contribution < -0.4 is 4.90 Å². The molecular formula is C18H24ClN3O3. The molecule has 7 heteroatoms. The third-order valence-corrected chi connectivity index (χ3v) is 4.70. The highest BCUT2D eigenvalue weighted by Crippen LogP contribution is 2.25. The van der Waals surface area contributed by atoms with Gasteiger partial charge >= 0.3 is 0 Å². The molecule has 1 aromatic carbocycles. The predicted molar refractivity (Wildman–Crippen MR) is 97.7 cm³/mol. The minimum Gasteiger partial charge on any atom is -0.339 e. The molecule has 0 spiro atoms. The average Bonchev–Trinajstić information content (AvgIpc) is 2.57. The number of piperazine rings is 1. The van der Waals surface area contributed by atoms with Gasteiger partial charge in [-0.15, -0.1) is 0 Å². The van der Waals surface area contributed by atoms with E-state index < -0.39 is 0 Å². The number of hydrogen-bond acceptors (Lipinski definition) is 3. The minimum absolute atomic E-state index is 0.00543. The Labute approximate surface area is 153 Å². The normalized spacial score (nSPS) is 14.4. The SMILES string of the molecule is CC(=O)N1CCN(C(=O)CCN(C(C)=O)c2cc(Cl)ccc2C)CC1. The van der Waals surface area contributed by atoms with Crippen LogP contribution in [0.3, 0.4) is 0 Å². The van der Waals surface area contributed by atoms with E-state index in [1.165, 1.54) is 13.8 Å². The Morgan fingerprint density at radius 1 is 1.08 bits per heavy atom. The first kappa shape index (κ1) is 19.2. The van der Waals surface area contributed by atoms with E-state index in [-0.39, 0.29) is 24.1 Å². The third-order valence-electron chi connectivity index (χ3n) is 4.47. The second-order valence-electron chi connectivity index (χ2n) is 6.24. The Morgan fingerprint density at radius 3 is 2.24 bits per heavy atom. The van der Waals surface area contributed by atoms with Crippen LogP contribution >= 0.6 is 11.6 Å². The lowest BCUT2D eigenvalue weighted by molar-refractivity contribution is -0.138. The van der Waals surface area contributed by atoms with Gasteiger partial charge in [-0.3, -0.25) is 14.4 Å². The molecule has 136 valence electrons. The van der Waals surface area contributed by atoms with Crippen LogP contribution in [0.5, 0.6) is 0 Å². The van der Waals surface area contributed by atoms with Gasteiger partial charge in [0.15, 0.2) is 0 Å². The molecule has 0 bridgehead atoms. The Balaban J connectivity index is 1.97. The molecule has 1 fully saturated rings. The lowest BCUT2D eigenvalue weighted by Crippen LogP contribution is -2.50. The van der Waals surface area contributed by atoms with E-state index in [9.17, 15) is 14.4 Å². The van der Waals surface area contributed by atoms with Gasteiger partial charge in [-0.05, 0) is 24.6 Å². The topological polar surface area (TPSA) is 60.9 Å². The number of nitrogens with zero attached hydrogens (tertiary/aromatic N) is 3. The maximum atomic E-state index is 12.4. The number of carbonyl (C=O) groups is 3. The molecule has 0 aromatic heterocycles. The fourth-order valence-corrected chi connectivity index (χ4v) is 3.12. The van der Waals surface area contributed by atoms with E-state index in [2.05, 4.69) is 0 Å². The summed E-state index contributed by atoms with van der Waals surface area (Å²) in [6.07, 6.45) is 0.242. The molecule has 6 nitrogen and oxygen atoms in total. The van der Waals surface area contributed by atoms with Gasteiger partial charge in [0.05, 0.1) is 0 Å². The minimum atomic E-state index is -0.125. The van der Waals surface area contributed by atoms with Gasteiger partial charge in [0.1, 0.15) is 0 Å². The zero-order valence-electron chi connectivity index (χ0n) is 14.9. The smallest absolute Gasteiger partial charge is 0.224 e. The molecule has 25 heavy (non-hydrogen) atoms. The number of rotatable bonds is 4. The van der Waals surface area contributed by atoms with Crippen LogP contribution in [0, 0.1) is 6.92 Å². The molecule has 1 aliphatic rings. The van der Waals surface area contributed by atoms with E-state index in [0.29, 0.717) is 37.7 Å². The zero-order valence-corrected chi connectivity index (χ0v) is 15.7. The van der Waals surface area contributed by atoms with Gasteiger partial charge in [-0.1, -0.05) is 17.7 Å². The third kappa shape index (κ3) is 4.95. The van der Waals surface area contributed by atoms with Gasteiger partial charge in [-0.2, -0.15) is 0 Å². The molecule has 0 unspecified atom stereocenters. The van der Waals surface area contributed by atoms with Crippen LogP contribution in [0.2, 0.25) is 5.02 Å². The zero-order chi connectivity index (χ0) is 18.6. The van der Waals surface area contributed by atoms with Crippen LogP contribution in [0.25, 0.3) is 0 Å². The lowest BCUT2D eigenvalue weighted by Gasteiger charge is -2.34. The van der Waals surface area contributed by atoms with Gasteiger partial charge in [0.2, 0.25) is 17.7 Å². The largest absolute Gasteiger partial charge is 0.339 e. The summed E-state index contributed by atoms with van der Waals surface area (Å²) < 4.78 is 0. The van der Waals surface area contributed by atoms with E-state index >= 15 is 0 Å². The van der Waals surface area contributed by atoms with Crippen molar-refractivity contribution in [3.05, 3.63) is 28.8 Å². The number of halogens is 1. The van der Waals surface area contributed by atoms with Crippen molar-refractivity contribution in [1.29, 1.82) is 0 Å². The van der Waals surface area contributed by atoms with Gasteiger partial charge in [0, 0.05) is 63.7 Å². The molecule has 1 aliphatic heterocycles. The number of anilines is 1. The fourth-order valence-electron chi connectivity index (χ4n) is 2.96. The van der Waals surface area contributed by atoms with E-state index in [4.69, 9.17) is 11.6 Å². The standard InChI is InChI=1S/C18H24ClN3O3/c1-13-4-5-16(19)12-17(13)22(15(3)24)7-6-18(25)21-10-8-20(9-11-21)14(2)23/h4-5,12H,6-11H2,1-3H3. The van der Waals surface area contributed by atoms with Crippen molar-refractivity contribution in [2.24, 2.45) is 0 Å². The van der Waals surface area contributed by atoms with Crippen molar-refractivity contribution in [2.45, 2.75) is 27.2 Å². The second kappa shape index (κ2) is 8.34. The second-order valence-corrected chi connectivity index (χ2v) is 6.67. The monoisotopic (exact) mass is 365 g/mol. The molecule has 0 saturated carbocycles. The van der Waals surface area contributed by atoms with E-state index in [1.54, 1.807) is 26.8 Å². The summed E-state index contributed by atoms with van der Waals surface area (Å²) in [7, 11) is 0. The fraction of sp³-hybridized carbons (Fsp3) is 0.500. The number of hydrogen-bond donors (Lipinski definition) is 0. The van der Waals surface area contributed by atoms with Gasteiger partial charge in [-0.25, -0.2) is 0 Å². The molecule has 3 amide bonds. The summed E-state index contributed by atoms with van der Waals surface area (Å²) in [4.78, 5) is 40.9. The summed E-state index contributed by atoms with van der Waals surface area (Å²) in [6.45, 7) is 7.43. The molecule has 0 atom stereocenters. The first-order chi connectivity index (χ1) is 11.8. The van der Waals surface area contributed by atoms with E-state index in [0.717, 1.165) is 11.3 Å². The van der Waals surface area contributed by atoms with Crippen molar-refractivity contribution in [3.8, 4) is 0 Å². The van der Waals surface area contributed by atoms with Crippen LogP contribution in [-0.4, -0.2) is 60.2 Å². The first-order valence-corrected chi connectivity index (χ1v) is 8.75. The van der Waals surface area contributed by atoms with Gasteiger partial charge < -0.3 is 14.7 Å². The van der Waals surface area contributed by atoms with Crippen LogP contribution in [0.15, 0.2) is 18.2 Å². The highest BCUT2D eigenvalue weighted by atomic mass is 35.5. The van der Waals surface area contributed by atoms with Crippen LogP contribution in [0.1, 0.15) is 25.8 Å². The molecule has 1 heterocycles. The quantitative estimate of drug-likeness (QED) is 0.820. The Bertz CT molecular complexity index is 670. The number of benzene rings is 1. The molecule has 0 radical (unpaired) electrons. The van der Waals surface area contributed by atoms with Crippen LogP contribution in [0.4, 0.5) is 5.69 Å². The maximum Gasteiger partial charge on any atom is 0.224 e. The summed E-state index contributed by atoms with van der Waals surface area (Å²) in [5.74, 6) is -0.0972. The summed E-state index contributed by atoms with van der Waals surface area (Å²) >= 11 is 6.04. The number of carbonyl (C=O) groups excluding carboxylic acids is 3. The average molecular weight is 366 g/mol. The van der Waals surface area contributed by atoms with Crippen molar-refractivity contribution in [3.63, 3.8) is 0 Å². The number of aryl methyl sites for hydroxylation is 1. The highest BCUT2D eigenvalue weighted by molar-refractivity contribution is 6.31. The van der Waals surface area contributed by atoms with Crippen LogP contribution in [-0.2, 0) is 14.4 Å². The van der Waals surface area contributed by atoms with Gasteiger partial charge in [0.25, 0.3) is 0 Å². The summed E-state index contributed by atoms with van der Waals surface area (Å²) in [5, 5.41) is 0.554. The Kier molecular flexibility index (Phi) is 6.42. The molecular weight excluding hydrogens is 342 g/mol. The summed E-state index contributed by atoms with van der Waals surface area (Å²) in [6, 6.07) is 5.38. The molecule has 0 aliphatic carbocycles. The number of amides is 3. The molecule has 1 saturated heterocycles. The molecule has 1 aromatic rings. The maximum absolute atomic E-state index is 12.4. The summed E-state index contributed by atoms with van der Waals surface area (Å²) in [5.41, 5.74) is 1.66. The van der Waals surface area contributed by atoms with E-state index in [1.807, 2.05) is 13.0 Å². The van der Waals surface area contributed by atoms with Crippen molar-refractivity contribution < 1.29 is 14.4 Å². The Hall–Kier alpha value is -2.08. The van der Waals surface area contributed by atoms with Crippen molar-refractivity contribution in [1.82, 2.24) is 9.80 Å². The predicted octanol–water partition coefficient (Wildman–Crippen LogP) is 2.08. The molecule has 2 rings (SSSR count).